The van der Waals surface area contributed by atoms with Crippen LogP contribution in [0.25, 0.3) is 0 Å². The van der Waals surface area contributed by atoms with Gasteiger partial charge >= 0.3 is 0 Å². The number of hydrogen-bond acceptors (Lipinski definition) is 3. The van der Waals surface area contributed by atoms with Crippen LogP contribution in [0, 0.1) is 5.92 Å². The maximum atomic E-state index is 5.99. The van der Waals surface area contributed by atoms with Gasteiger partial charge in [-0.3, -0.25) is 0 Å². The Kier molecular flexibility index (Phi) is 5.26. The molecule has 0 aromatic carbocycles. The molecule has 3 nitrogen and oxygen atoms in total. The molecule has 0 amide bonds. The Hall–Kier alpha value is -0.120. The SMILES string of the molecule is CCCNCC1CCCOC1C1CCC(C)O1. The fourth-order valence-electron chi connectivity index (χ4n) is 3.03. The minimum atomic E-state index is 0.332. The number of ether oxygens (including phenoxy) is 2. The van der Waals surface area contributed by atoms with Gasteiger partial charge in [0.1, 0.15) is 0 Å². The first-order valence-electron chi connectivity index (χ1n) is 7.29. The predicted molar refractivity (Wildman–Crippen MR) is 69.2 cm³/mol. The van der Waals surface area contributed by atoms with Crippen molar-refractivity contribution in [1.82, 2.24) is 5.32 Å². The van der Waals surface area contributed by atoms with Gasteiger partial charge in [-0.15, -0.1) is 0 Å². The summed E-state index contributed by atoms with van der Waals surface area (Å²) in [4.78, 5) is 0. The fraction of sp³-hybridized carbons (Fsp3) is 1.00. The molecular formula is C14H27NO2. The Morgan fingerprint density at radius 3 is 2.82 bits per heavy atom. The predicted octanol–water partition coefficient (Wildman–Crippen LogP) is 2.35. The maximum Gasteiger partial charge on any atom is 0.0876 e. The van der Waals surface area contributed by atoms with E-state index in [1.54, 1.807) is 0 Å². The van der Waals surface area contributed by atoms with Gasteiger partial charge in [0.05, 0.1) is 18.3 Å². The second-order valence-electron chi connectivity index (χ2n) is 5.50. The summed E-state index contributed by atoms with van der Waals surface area (Å²) < 4.78 is 12.0. The third-order valence-corrected chi connectivity index (χ3v) is 3.96. The van der Waals surface area contributed by atoms with Gasteiger partial charge in [-0.1, -0.05) is 6.92 Å². The second kappa shape index (κ2) is 6.72. The molecule has 2 fully saturated rings. The van der Waals surface area contributed by atoms with E-state index in [1.165, 1.54) is 32.1 Å². The Balaban J connectivity index is 1.83. The summed E-state index contributed by atoms with van der Waals surface area (Å²) in [6, 6.07) is 0. The second-order valence-corrected chi connectivity index (χ2v) is 5.50. The van der Waals surface area contributed by atoms with Crippen LogP contribution in [0.5, 0.6) is 0 Å². The molecule has 0 radical (unpaired) electrons. The van der Waals surface area contributed by atoms with Crippen LogP contribution in [0.3, 0.4) is 0 Å². The highest BCUT2D eigenvalue weighted by atomic mass is 16.5. The number of hydrogen-bond donors (Lipinski definition) is 1. The van der Waals surface area contributed by atoms with Crippen molar-refractivity contribution in [1.29, 1.82) is 0 Å². The standard InChI is InChI=1S/C14H27NO2/c1-3-8-15-10-12-5-4-9-16-14(12)13-7-6-11(2)17-13/h11-15H,3-10H2,1-2H3. The van der Waals surface area contributed by atoms with Crippen LogP contribution in [-0.4, -0.2) is 38.0 Å². The van der Waals surface area contributed by atoms with Gasteiger partial charge in [-0.25, -0.2) is 0 Å². The van der Waals surface area contributed by atoms with E-state index >= 15 is 0 Å². The first kappa shape index (κ1) is 13.3. The van der Waals surface area contributed by atoms with Gasteiger partial charge in [-0.05, 0) is 45.6 Å². The molecule has 2 aliphatic rings. The lowest BCUT2D eigenvalue weighted by Crippen LogP contribution is -2.44. The quantitative estimate of drug-likeness (QED) is 0.750. The summed E-state index contributed by atoms with van der Waals surface area (Å²) in [6.45, 7) is 7.51. The molecule has 4 atom stereocenters. The van der Waals surface area contributed by atoms with E-state index in [2.05, 4.69) is 19.2 Å². The normalized spacial score (nSPS) is 38.5. The van der Waals surface area contributed by atoms with Crippen LogP contribution >= 0.6 is 0 Å². The molecule has 3 heteroatoms. The van der Waals surface area contributed by atoms with E-state index in [0.29, 0.717) is 24.2 Å². The lowest BCUT2D eigenvalue weighted by atomic mass is 9.89. The Morgan fingerprint density at radius 1 is 1.24 bits per heavy atom. The van der Waals surface area contributed by atoms with Gasteiger partial charge in [0, 0.05) is 19.1 Å². The zero-order valence-corrected chi connectivity index (χ0v) is 11.3. The van der Waals surface area contributed by atoms with Crippen molar-refractivity contribution in [3.05, 3.63) is 0 Å². The molecule has 1 N–H and O–H groups in total. The van der Waals surface area contributed by atoms with E-state index in [0.717, 1.165) is 19.7 Å². The Labute approximate surface area is 105 Å². The van der Waals surface area contributed by atoms with Crippen LogP contribution in [0.4, 0.5) is 0 Å². The van der Waals surface area contributed by atoms with Crippen molar-refractivity contribution in [2.45, 2.75) is 64.3 Å². The first-order valence-corrected chi connectivity index (χ1v) is 7.29. The van der Waals surface area contributed by atoms with Crippen molar-refractivity contribution in [3.63, 3.8) is 0 Å². The summed E-state index contributed by atoms with van der Waals surface area (Å²) in [7, 11) is 0. The van der Waals surface area contributed by atoms with Crippen LogP contribution in [-0.2, 0) is 9.47 Å². The minimum Gasteiger partial charge on any atom is -0.375 e. The fourth-order valence-corrected chi connectivity index (χ4v) is 3.03. The molecule has 2 saturated heterocycles. The van der Waals surface area contributed by atoms with E-state index in [9.17, 15) is 0 Å². The van der Waals surface area contributed by atoms with Gasteiger partial charge < -0.3 is 14.8 Å². The van der Waals surface area contributed by atoms with E-state index in [4.69, 9.17) is 9.47 Å². The monoisotopic (exact) mass is 241 g/mol. The third-order valence-electron chi connectivity index (χ3n) is 3.96. The molecule has 0 aliphatic carbocycles. The lowest BCUT2D eigenvalue weighted by molar-refractivity contribution is -0.111. The summed E-state index contributed by atoms with van der Waals surface area (Å²) in [5.74, 6) is 0.644. The molecule has 0 aromatic heterocycles. The van der Waals surface area contributed by atoms with Crippen LogP contribution in [0.15, 0.2) is 0 Å². The molecule has 2 aliphatic heterocycles. The average Bonchev–Trinajstić information content (AvgIpc) is 2.77. The maximum absolute atomic E-state index is 5.99. The molecular weight excluding hydrogens is 214 g/mol. The highest BCUT2D eigenvalue weighted by Crippen LogP contribution is 2.31. The van der Waals surface area contributed by atoms with Crippen molar-refractivity contribution in [2.75, 3.05) is 19.7 Å². The molecule has 17 heavy (non-hydrogen) atoms. The third kappa shape index (κ3) is 3.67. The lowest BCUT2D eigenvalue weighted by Gasteiger charge is -2.35. The minimum absolute atomic E-state index is 0.332. The van der Waals surface area contributed by atoms with Crippen molar-refractivity contribution < 1.29 is 9.47 Å². The molecule has 0 aromatic rings. The van der Waals surface area contributed by atoms with E-state index in [1.807, 2.05) is 0 Å². The highest BCUT2D eigenvalue weighted by molar-refractivity contribution is 4.86. The van der Waals surface area contributed by atoms with Crippen LogP contribution < -0.4 is 5.32 Å². The van der Waals surface area contributed by atoms with Gasteiger partial charge in [0.15, 0.2) is 0 Å². The molecule has 0 spiro atoms. The summed E-state index contributed by atoms with van der Waals surface area (Å²) >= 11 is 0. The van der Waals surface area contributed by atoms with Gasteiger partial charge in [0.25, 0.3) is 0 Å². The van der Waals surface area contributed by atoms with E-state index in [-0.39, 0.29) is 0 Å². The van der Waals surface area contributed by atoms with Gasteiger partial charge in [0.2, 0.25) is 0 Å². The van der Waals surface area contributed by atoms with Crippen molar-refractivity contribution in [3.8, 4) is 0 Å². The van der Waals surface area contributed by atoms with Crippen molar-refractivity contribution >= 4 is 0 Å². The van der Waals surface area contributed by atoms with Crippen LogP contribution in [0.1, 0.15) is 46.0 Å². The smallest absolute Gasteiger partial charge is 0.0876 e. The van der Waals surface area contributed by atoms with E-state index < -0.39 is 0 Å². The number of nitrogens with one attached hydrogen (secondary N) is 1. The first-order chi connectivity index (χ1) is 8.31. The molecule has 0 bridgehead atoms. The Morgan fingerprint density at radius 2 is 2.12 bits per heavy atom. The molecule has 4 unspecified atom stereocenters. The summed E-state index contributed by atoms with van der Waals surface area (Å²) in [6.07, 6.45) is 7.17. The highest BCUT2D eigenvalue weighted by Gasteiger charge is 2.36. The van der Waals surface area contributed by atoms with Gasteiger partial charge in [-0.2, -0.15) is 0 Å². The number of rotatable bonds is 5. The molecule has 2 rings (SSSR count). The van der Waals surface area contributed by atoms with Crippen molar-refractivity contribution in [2.24, 2.45) is 5.92 Å². The molecule has 0 saturated carbocycles. The zero-order valence-electron chi connectivity index (χ0n) is 11.3. The summed E-state index contributed by atoms with van der Waals surface area (Å²) in [5, 5.41) is 3.53. The topological polar surface area (TPSA) is 30.5 Å². The molecule has 2 heterocycles. The average molecular weight is 241 g/mol. The molecule has 100 valence electrons. The largest absolute Gasteiger partial charge is 0.375 e. The zero-order chi connectivity index (χ0) is 12.1. The summed E-state index contributed by atoms with van der Waals surface area (Å²) in [5.41, 5.74) is 0. The van der Waals surface area contributed by atoms with Crippen LogP contribution in [0.2, 0.25) is 0 Å². The Bertz CT molecular complexity index is 222.